The average Bonchev–Trinajstić information content (AvgIpc) is 2.76. The van der Waals surface area contributed by atoms with E-state index >= 15 is 0 Å². The fraction of sp³-hybridized carbons (Fsp3) is 0.0870. The summed E-state index contributed by atoms with van der Waals surface area (Å²) < 4.78 is 7.18. The predicted molar refractivity (Wildman–Crippen MR) is 115 cm³/mol. The van der Waals surface area contributed by atoms with Gasteiger partial charge < -0.3 is 19.9 Å². The Labute approximate surface area is 170 Å². The van der Waals surface area contributed by atoms with Crippen molar-refractivity contribution in [1.29, 1.82) is 0 Å². The van der Waals surface area contributed by atoms with Crippen LogP contribution >= 0.6 is 0 Å². The Bertz CT molecular complexity index is 1330. The van der Waals surface area contributed by atoms with Crippen LogP contribution in [0.25, 0.3) is 21.8 Å². The van der Waals surface area contributed by atoms with Crippen LogP contribution in [0.15, 0.2) is 71.5 Å². The summed E-state index contributed by atoms with van der Waals surface area (Å²) in [5.41, 5.74) is 2.40. The van der Waals surface area contributed by atoms with Crippen molar-refractivity contribution >= 4 is 45.0 Å². The lowest BCUT2D eigenvalue weighted by atomic mass is 10.1. The molecule has 0 bridgehead atoms. The highest BCUT2D eigenvalue weighted by Gasteiger charge is 2.17. The number of amides is 2. The van der Waals surface area contributed by atoms with E-state index in [-0.39, 0.29) is 30.4 Å². The van der Waals surface area contributed by atoms with Crippen molar-refractivity contribution in [2.75, 3.05) is 17.2 Å². The van der Waals surface area contributed by atoms with E-state index in [0.717, 1.165) is 0 Å². The number of carbonyl (C=O) groups excluding carboxylic acids is 2. The summed E-state index contributed by atoms with van der Waals surface area (Å²) in [5.74, 6) is 0.0686. The van der Waals surface area contributed by atoms with Crippen molar-refractivity contribution in [2.45, 2.75) is 6.54 Å². The lowest BCUT2D eigenvalue weighted by Crippen LogP contribution is -2.25. The second-order valence-corrected chi connectivity index (χ2v) is 7.05. The zero-order chi connectivity index (χ0) is 20.7. The second kappa shape index (κ2) is 7.04. The first-order valence-corrected chi connectivity index (χ1v) is 9.47. The summed E-state index contributed by atoms with van der Waals surface area (Å²) in [7, 11) is 0. The van der Waals surface area contributed by atoms with E-state index in [1.165, 1.54) is 0 Å². The summed E-state index contributed by atoms with van der Waals surface area (Å²) in [5, 5.41) is 6.71. The van der Waals surface area contributed by atoms with Crippen LogP contribution in [0.2, 0.25) is 0 Å². The molecule has 2 amide bonds. The van der Waals surface area contributed by atoms with E-state index in [1.807, 2.05) is 41.0 Å². The maximum absolute atomic E-state index is 12.9. The van der Waals surface area contributed by atoms with Crippen molar-refractivity contribution in [3.05, 3.63) is 77.0 Å². The maximum Gasteiger partial charge on any atom is 0.262 e. The number of hydrogen-bond donors (Lipinski definition) is 2. The molecule has 3 aromatic carbocycles. The van der Waals surface area contributed by atoms with Gasteiger partial charge in [-0.1, -0.05) is 24.3 Å². The summed E-state index contributed by atoms with van der Waals surface area (Å²) in [4.78, 5) is 37.2. The minimum atomic E-state index is -0.253. The molecular formula is C23H17N3O4. The SMILES string of the molecule is O=C(Cn1c2ccccc2c(=O)c2ccccc21)Nc1ccc2c(c1)NC(=O)CO2. The minimum Gasteiger partial charge on any atom is -0.482 e. The number of nitrogens with zero attached hydrogens (tertiary/aromatic N) is 1. The van der Waals surface area contributed by atoms with Gasteiger partial charge in [0.2, 0.25) is 5.91 Å². The van der Waals surface area contributed by atoms with Gasteiger partial charge in [-0.15, -0.1) is 0 Å². The third-order valence-corrected chi connectivity index (χ3v) is 5.08. The topological polar surface area (TPSA) is 89.4 Å². The summed E-state index contributed by atoms with van der Waals surface area (Å²) in [6.45, 7) is 0.00640. The average molecular weight is 399 g/mol. The molecule has 0 fully saturated rings. The van der Waals surface area contributed by atoms with Crippen molar-refractivity contribution in [1.82, 2.24) is 4.57 Å². The van der Waals surface area contributed by atoms with Crippen LogP contribution < -0.4 is 20.8 Å². The van der Waals surface area contributed by atoms with Gasteiger partial charge in [-0.3, -0.25) is 14.4 Å². The molecule has 0 unspecified atom stereocenters. The lowest BCUT2D eigenvalue weighted by molar-refractivity contribution is -0.118. The molecule has 1 aliphatic heterocycles. The Morgan fingerprint density at radius 2 is 1.63 bits per heavy atom. The number of carbonyl (C=O) groups is 2. The van der Waals surface area contributed by atoms with Gasteiger partial charge in [0.25, 0.3) is 5.91 Å². The smallest absolute Gasteiger partial charge is 0.262 e. The predicted octanol–water partition coefficient (Wildman–Crippen LogP) is 3.12. The molecule has 7 heteroatoms. The standard InChI is InChI=1S/C23H17N3O4/c27-21(24-14-9-10-20-17(11-14)25-22(28)13-30-20)12-26-18-7-3-1-5-15(18)23(29)16-6-2-4-8-19(16)26/h1-11H,12-13H2,(H,24,27)(H,25,28). The molecular weight excluding hydrogens is 382 g/mol. The molecule has 30 heavy (non-hydrogen) atoms. The Morgan fingerprint density at radius 3 is 2.33 bits per heavy atom. The van der Waals surface area contributed by atoms with Crippen molar-refractivity contribution in [3.63, 3.8) is 0 Å². The number of aromatic nitrogens is 1. The molecule has 0 spiro atoms. The molecule has 148 valence electrons. The molecule has 0 saturated heterocycles. The number of nitrogens with one attached hydrogen (secondary N) is 2. The quantitative estimate of drug-likeness (QED) is 0.518. The van der Waals surface area contributed by atoms with Gasteiger partial charge in [0.15, 0.2) is 12.0 Å². The third-order valence-electron chi connectivity index (χ3n) is 5.08. The molecule has 4 aromatic rings. The first-order chi connectivity index (χ1) is 14.6. The van der Waals surface area contributed by atoms with Gasteiger partial charge in [-0.25, -0.2) is 0 Å². The van der Waals surface area contributed by atoms with E-state index in [1.54, 1.807) is 30.3 Å². The van der Waals surface area contributed by atoms with Gasteiger partial charge in [-0.05, 0) is 42.5 Å². The first-order valence-electron chi connectivity index (χ1n) is 9.47. The van der Waals surface area contributed by atoms with Crippen LogP contribution in [0.4, 0.5) is 11.4 Å². The van der Waals surface area contributed by atoms with Crippen LogP contribution in [0, 0.1) is 0 Å². The Morgan fingerprint density at radius 1 is 0.967 bits per heavy atom. The highest BCUT2D eigenvalue weighted by Crippen LogP contribution is 2.30. The van der Waals surface area contributed by atoms with Crippen molar-refractivity contribution in [2.24, 2.45) is 0 Å². The number of hydrogen-bond acceptors (Lipinski definition) is 4. The van der Waals surface area contributed by atoms with Crippen LogP contribution in [0.5, 0.6) is 5.75 Å². The molecule has 0 atom stereocenters. The van der Waals surface area contributed by atoms with E-state index in [4.69, 9.17) is 4.74 Å². The number of benzene rings is 3. The van der Waals surface area contributed by atoms with Crippen LogP contribution in [-0.4, -0.2) is 23.0 Å². The Kier molecular flexibility index (Phi) is 4.21. The zero-order valence-electron chi connectivity index (χ0n) is 15.8. The molecule has 2 heterocycles. The summed E-state index contributed by atoms with van der Waals surface area (Å²) in [6, 6.07) is 19.6. The van der Waals surface area contributed by atoms with E-state index in [0.29, 0.717) is 38.9 Å². The molecule has 7 nitrogen and oxygen atoms in total. The molecule has 0 saturated carbocycles. The lowest BCUT2D eigenvalue weighted by Gasteiger charge is -2.19. The Balaban J connectivity index is 1.51. The second-order valence-electron chi connectivity index (χ2n) is 7.05. The first kappa shape index (κ1) is 17.9. The Hall–Kier alpha value is -4.13. The van der Waals surface area contributed by atoms with E-state index in [2.05, 4.69) is 10.6 Å². The summed E-state index contributed by atoms with van der Waals surface area (Å²) in [6.07, 6.45) is 0. The normalized spacial score (nSPS) is 12.9. The largest absolute Gasteiger partial charge is 0.482 e. The maximum atomic E-state index is 12.9. The highest BCUT2D eigenvalue weighted by atomic mass is 16.5. The number of para-hydroxylation sites is 2. The third kappa shape index (κ3) is 3.06. The van der Waals surface area contributed by atoms with Crippen LogP contribution in [0.3, 0.4) is 0 Å². The number of anilines is 2. The number of pyridine rings is 1. The number of fused-ring (bicyclic) bond motifs is 3. The molecule has 2 N–H and O–H groups in total. The zero-order valence-corrected chi connectivity index (χ0v) is 15.8. The monoisotopic (exact) mass is 399 g/mol. The fourth-order valence-corrected chi connectivity index (χ4v) is 3.75. The van der Waals surface area contributed by atoms with Gasteiger partial charge in [0, 0.05) is 16.5 Å². The number of rotatable bonds is 3. The van der Waals surface area contributed by atoms with Gasteiger partial charge in [-0.2, -0.15) is 0 Å². The van der Waals surface area contributed by atoms with Crippen LogP contribution in [0.1, 0.15) is 0 Å². The number of ether oxygens (including phenoxy) is 1. The van der Waals surface area contributed by atoms with Gasteiger partial charge in [0.05, 0.1) is 16.7 Å². The summed E-state index contributed by atoms with van der Waals surface area (Å²) >= 11 is 0. The van der Waals surface area contributed by atoms with E-state index in [9.17, 15) is 14.4 Å². The van der Waals surface area contributed by atoms with Crippen molar-refractivity contribution < 1.29 is 14.3 Å². The van der Waals surface area contributed by atoms with Crippen molar-refractivity contribution in [3.8, 4) is 5.75 Å². The molecule has 5 rings (SSSR count). The molecule has 0 aliphatic carbocycles. The molecule has 1 aromatic heterocycles. The highest BCUT2D eigenvalue weighted by molar-refractivity contribution is 5.99. The van der Waals surface area contributed by atoms with Crippen LogP contribution in [-0.2, 0) is 16.1 Å². The van der Waals surface area contributed by atoms with Gasteiger partial charge >= 0.3 is 0 Å². The fourth-order valence-electron chi connectivity index (χ4n) is 3.75. The van der Waals surface area contributed by atoms with Gasteiger partial charge in [0.1, 0.15) is 12.3 Å². The molecule has 0 radical (unpaired) electrons. The minimum absolute atomic E-state index is 0.0226. The molecule has 1 aliphatic rings. The van der Waals surface area contributed by atoms with E-state index < -0.39 is 0 Å².